The lowest BCUT2D eigenvalue weighted by Gasteiger charge is -2.46. The Hall–Kier alpha value is -3.48. The first kappa shape index (κ1) is 60.1. The average Bonchev–Trinajstić information content (AvgIpc) is 3.83. The summed E-state index contributed by atoms with van der Waals surface area (Å²) in [7, 11) is 0. The maximum atomic E-state index is 13.9. The summed E-state index contributed by atoms with van der Waals surface area (Å²) in [4.78, 5) is 26.6. The smallest absolute Gasteiger partial charge is 0.308 e. The van der Waals surface area contributed by atoms with Crippen LogP contribution >= 0.6 is 0 Å². The number of carbonyl (C=O) groups excluding carboxylic acids is 2. The highest BCUT2D eigenvalue weighted by Crippen LogP contribution is 2.38. The van der Waals surface area contributed by atoms with Gasteiger partial charge in [-0.15, -0.1) is 0 Å². The van der Waals surface area contributed by atoms with Crippen molar-refractivity contribution in [2.45, 2.75) is 183 Å². The van der Waals surface area contributed by atoms with Crippen molar-refractivity contribution in [2.75, 3.05) is 19.8 Å². The molecule has 4 rings (SSSR count). The molecule has 402 valence electrons. The lowest BCUT2D eigenvalue weighted by Crippen LogP contribution is -2.62. The van der Waals surface area contributed by atoms with Gasteiger partial charge in [0.2, 0.25) is 5.91 Å². The summed E-state index contributed by atoms with van der Waals surface area (Å²) >= 11 is 0. The van der Waals surface area contributed by atoms with Crippen molar-refractivity contribution < 1.29 is 84.3 Å². The van der Waals surface area contributed by atoms with E-state index in [1.54, 1.807) is 63.3 Å². The molecule has 4 aliphatic heterocycles. The molecule has 3 fully saturated rings. The predicted octanol–water partition coefficient (Wildman–Crippen LogP) is 0.780. The maximum absolute atomic E-state index is 13.9. The SMILES string of the molecule is C[C@@H]1[C@H](O)[C@@H](C)/C=C/C=C/C=C/C=C/C=C/C=C/C=C/[C@H](O[C@@H]2O[C@H](C)[C@@H](O)[C@H](N)[C@@H]2O)C[C@@H]2O[C@](O)(C[C@@H](O)C[C@@H](O)[C@H](O)CC[C@@H](O)C[C@@H](O)CC(=O)O[C@H]1C)C[C@H](O)[C@H]2C(=O)NCC1CCOC1. The summed E-state index contributed by atoms with van der Waals surface area (Å²) < 4.78 is 29.3. The van der Waals surface area contributed by atoms with Crippen molar-refractivity contribution in [1.29, 1.82) is 0 Å². The molecule has 19 heteroatoms. The number of esters is 1. The van der Waals surface area contributed by atoms with Crippen LogP contribution in [0.15, 0.2) is 85.1 Å². The number of hydrogen-bond donors (Lipinski definition) is 12. The third-order valence-electron chi connectivity index (χ3n) is 13.6. The van der Waals surface area contributed by atoms with E-state index in [1.807, 2.05) is 49.5 Å². The summed E-state index contributed by atoms with van der Waals surface area (Å²) in [5.41, 5.74) is 6.12. The normalized spacial score (nSPS) is 44.8. The van der Waals surface area contributed by atoms with Gasteiger partial charge in [-0.3, -0.25) is 9.59 Å². The molecule has 2 bridgehead atoms. The fourth-order valence-electron chi connectivity index (χ4n) is 9.10. The largest absolute Gasteiger partial charge is 0.462 e. The van der Waals surface area contributed by atoms with E-state index in [1.165, 1.54) is 0 Å². The van der Waals surface area contributed by atoms with E-state index in [4.69, 9.17) is 29.4 Å². The van der Waals surface area contributed by atoms with Crippen LogP contribution in [0.3, 0.4) is 0 Å². The molecule has 0 saturated carbocycles. The number of amides is 1. The Morgan fingerprint density at radius 2 is 1.32 bits per heavy atom. The van der Waals surface area contributed by atoms with Gasteiger partial charge in [0.1, 0.15) is 12.2 Å². The topological polar surface area (TPSA) is 321 Å². The fourth-order valence-corrected chi connectivity index (χ4v) is 9.10. The molecule has 4 heterocycles. The van der Waals surface area contributed by atoms with Crippen LogP contribution in [0, 0.1) is 23.7 Å². The molecule has 0 spiro atoms. The van der Waals surface area contributed by atoms with E-state index in [2.05, 4.69) is 5.32 Å². The van der Waals surface area contributed by atoms with Crippen LogP contribution in [0.4, 0.5) is 0 Å². The molecular formula is C52H82N2O17. The zero-order valence-corrected chi connectivity index (χ0v) is 41.4. The molecule has 3 saturated heterocycles. The van der Waals surface area contributed by atoms with E-state index in [0.717, 1.165) is 6.42 Å². The van der Waals surface area contributed by atoms with Crippen molar-refractivity contribution in [3.05, 3.63) is 85.1 Å². The monoisotopic (exact) mass is 1010 g/mol. The van der Waals surface area contributed by atoms with E-state index >= 15 is 0 Å². The number of ether oxygens (including phenoxy) is 5. The third kappa shape index (κ3) is 20.1. The van der Waals surface area contributed by atoms with Gasteiger partial charge < -0.3 is 85.8 Å². The predicted molar refractivity (Wildman–Crippen MR) is 261 cm³/mol. The first-order chi connectivity index (χ1) is 33.7. The minimum atomic E-state index is -2.27. The molecule has 71 heavy (non-hydrogen) atoms. The van der Waals surface area contributed by atoms with Gasteiger partial charge in [0, 0.05) is 56.6 Å². The van der Waals surface area contributed by atoms with E-state index < -0.39 is 147 Å². The number of aliphatic hydroxyl groups is 10. The molecule has 1 amide bonds. The second-order valence-electron chi connectivity index (χ2n) is 19.7. The molecular weight excluding hydrogens is 925 g/mol. The minimum Gasteiger partial charge on any atom is -0.462 e. The number of allylic oxidation sites excluding steroid dienone is 12. The fraction of sp³-hybridized carbons (Fsp3) is 0.692. The number of hydrogen-bond acceptors (Lipinski definition) is 18. The van der Waals surface area contributed by atoms with Crippen LogP contribution in [0.25, 0.3) is 0 Å². The van der Waals surface area contributed by atoms with Crippen molar-refractivity contribution in [1.82, 2.24) is 5.32 Å². The molecule has 1 unspecified atom stereocenters. The van der Waals surface area contributed by atoms with Crippen LogP contribution < -0.4 is 11.1 Å². The van der Waals surface area contributed by atoms with E-state index in [0.29, 0.717) is 13.2 Å². The molecule has 20 atom stereocenters. The number of fused-ring (bicyclic) bond motifs is 2. The van der Waals surface area contributed by atoms with Crippen LogP contribution in [0.5, 0.6) is 0 Å². The first-order valence-corrected chi connectivity index (χ1v) is 25.0. The quantitative estimate of drug-likeness (QED) is 0.169. The maximum Gasteiger partial charge on any atom is 0.308 e. The highest BCUT2D eigenvalue weighted by Gasteiger charge is 2.51. The van der Waals surface area contributed by atoms with Crippen molar-refractivity contribution in [3.63, 3.8) is 0 Å². The summed E-state index contributed by atoms with van der Waals surface area (Å²) in [6.45, 7) is 8.06. The summed E-state index contributed by atoms with van der Waals surface area (Å²) in [6, 6.07) is -1.13. The number of nitrogens with one attached hydrogen (secondary N) is 1. The highest BCUT2D eigenvalue weighted by molar-refractivity contribution is 5.80. The highest BCUT2D eigenvalue weighted by atomic mass is 16.7. The molecule has 19 nitrogen and oxygen atoms in total. The number of cyclic esters (lactones) is 1. The second kappa shape index (κ2) is 30.0. The van der Waals surface area contributed by atoms with Gasteiger partial charge >= 0.3 is 5.97 Å². The first-order valence-electron chi connectivity index (χ1n) is 25.0. The zero-order valence-electron chi connectivity index (χ0n) is 41.4. The van der Waals surface area contributed by atoms with Gasteiger partial charge in [0.05, 0.1) is 92.1 Å². The number of rotatable bonds is 5. The minimum absolute atomic E-state index is 0.0453. The molecule has 13 N–H and O–H groups in total. The van der Waals surface area contributed by atoms with Gasteiger partial charge in [0.25, 0.3) is 0 Å². The van der Waals surface area contributed by atoms with Crippen molar-refractivity contribution in [2.24, 2.45) is 29.4 Å². The Bertz CT molecular complexity index is 1820. The van der Waals surface area contributed by atoms with Crippen molar-refractivity contribution in [3.8, 4) is 0 Å². The van der Waals surface area contributed by atoms with Crippen LogP contribution in [-0.2, 0) is 33.3 Å². The molecule has 0 aliphatic carbocycles. The Kier molecular flexibility index (Phi) is 25.4. The number of nitrogens with two attached hydrogens (primary N) is 1. The van der Waals surface area contributed by atoms with Gasteiger partial charge in [-0.05, 0) is 39.5 Å². The Labute approximate surface area is 417 Å². The Morgan fingerprint density at radius 3 is 1.94 bits per heavy atom. The standard InChI is InChI=1S/C52H82N2O17/c1-31-17-15-13-11-9-7-5-6-8-10-12-14-16-18-39(70-51-49(64)46(53)48(63)34(4)69-51)26-43-45(50(65)54-29-35-21-22-67-30-35)42(60)28-52(66,71-43)27-38(57)24-41(59)40(58)20-19-36(55)23-37(56)25-44(61)68-33(3)32(2)47(31)62/h5-18,31-43,45-49,51,55-60,62-64,66H,19-30,53H2,1-4H3,(H,54,65)/b6-5+,9-7+,10-8+,13-11+,14-12+,17-15+,18-16+/t31-,32-,33-,34+,35?,36+,37+,38-,39-,40+,41+,42-,43-,45+,46-,47+,48+,49-,51-,52+/m0/s1. The lowest BCUT2D eigenvalue weighted by molar-refractivity contribution is -0.307. The molecule has 0 aromatic rings. The van der Waals surface area contributed by atoms with Crippen LogP contribution in [0.1, 0.15) is 85.5 Å². The van der Waals surface area contributed by atoms with E-state index in [-0.39, 0.29) is 44.1 Å². The van der Waals surface area contributed by atoms with Crippen LogP contribution in [0.2, 0.25) is 0 Å². The molecule has 0 aromatic heterocycles. The van der Waals surface area contributed by atoms with Gasteiger partial charge in [-0.1, -0.05) is 98.9 Å². The van der Waals surface area contributed by atoms with Crippen molar-refractivity contribution >= 4 is 11.9 Å². The lowest BCUT2D eigenvalue weighted by atomic mass is 9.82. The number of aliphatic hydroxyl groups excluding tert-OH is 9. The molecule has 4 aliphatic rings. The molecule has 0 radical (unpaired) electrons. The van der Waals surface area contributed by atoms with E-state index in [9.17, 15) is 60.7 Å². The van der Waals surface area contributed by atoms with Gasteiger partial charge in [-0.25, -0.2) is 0 Å². The molecule has 0 aromatic carbocycles. The van der Waals surface area contributed by atoms with Gasteiger partial charge in [0.15, 0.2) is 12.1 Å². The zero-order chi connectivity index (χ0) is 52.3. The van der Waals surface area contributed by atoms with Gasteiger partial charge in [-0.2, -0.15) is 0 Å². The Balaban J connectivity index is 1.59. The summed E-state index contributed by atoms with van der Waals surface area (Å²) in [5, 5.41) is 113. The Morgan fingerprint density at radius 1 is 0.704 bits per heavy atom. The van der Waals surface area contributed by atoms with Crippen LogP contribution in [-0.4, -0.2) is 180 Å². The summed E-state index contributed by atoms with van der Waals surface area (Å²) in [6.07, 6.45) is 5.62. The average molecular weight is 1010 g/mol. The third-order valence-corrected chi connectivity index (χ3v) is 13.6. The number of carbonyl (C=O) groups is 2. The summed E-state index contributed by atoms with van der Waals surface area (Å²) in [5.74, 6) is -5.50. The second-order valence-corrected chi connectivity index (χ2v) is 19.7.